The number of hydrogen-bond acceptors (Lipinski definition) is 3. The first-order valence-electron chi connectivity index (χ1n) is 6.17. The van der Waals surface area contributed by atoms with Crippen molar-refractivity contribution in [2.24, 2.45) is 0 Å². The molecule has 1 heterocycles. The lowest BCUT2D eigenvalue weighted by Gasteiger charge is -2.07. The average molecular weight is 258 g/mol. The molecule has 0 spiro atoms. The van der Waals surface area contributed by atoms with Crippen molar-refractivity contribution in [3.63, 3.8) is 0 Å². The van der Waals surface area contributed by atoms with Crippen molar-refractivity contribution in [1.82, 2.24) is 4.98 Å². The second-order valence-corrected chi connectivity index (χ2v) is 4.41. The molecule has 1 rings (SSSR count). The monoisotopic (exact) mass is 257 g/mol. The lowest BCUT2D eigenvalue weighted by molar-refractivity contribution is 0.266. The third-order valence-electron chi connectivity index (χ3n) is 2.54. The van der Waals surface area contributed by atoms with E-state index < -0.39 is 0 Å². The third-order valence-corrected chi connectivity index (χ3v) is 2.88. The Morgan fingerprint density at radius 2 is 2.00 bits per heavy atom. The van der Waals surface area contributed by atoms with Gasteiger partial charge in [0.1, 0.15) is 0 Å². The molecule has 0 amide bonds. The summed E-state index contributed by atoms with van der Waals surface area (Å²) in [6.45, 7) is 2.71. The Kier molecular flexibility index (Phi) is 6.97. The minimum atomic E-state index is -0.160. The van der Waals surface area contributed by atoms with Crippen LogP contribution in [0.25, 0.3) is 0 Å². The second-order valence-electron chi connectivity index (χ2n) is 4.00. The highest BCUT2D eigenvalue weighted by molar-refractivity contribution is 6.31. The van der Waals surface area contributed by atoms with Crippen LogP contribution in [0.15, 0.2) is 12.1 Å². The SMILES string of the molecule is CCCCCCCOc1ccc(Cl)c(CO)n1. The summed E-state index contributed by atoms with van der Waals surface area (Å²) in [7, 11) is 0. The van der Waals surface area contributed by atoms with Gasteiger partial charge in [0.15, 0.2) is 0 Å². The van der Waals surface area contributed by atoms with Gasteiger partial charge in [0, 0.05) is 6.07 Å². The first-order valence-corrected chi connectivity index (χ1v) is 6.54. The molecule has 0 aliphatic rings. The first kappa shape index (κ1) is 14.3. The van der Waals surface area contributed by atoms with Gasteiger partial charge >= 0.3 is 0 Å². The van der Waals surface area contributed by atoms with Gasteiger partial charge in [-0.3, -0.25) is 0 Å². The van der Waals surface area contributed by atoms with Gasteiger partial charge in [-0.15, -0.1) is 0 Å². The largest absolute Gasteiger partial charge is 0.478 e. The quantitative estimate of drug-likeness (QED) is 0.724. The highest BCUT2D eigenvalue weighted by Gasteiger charge is 2.03. The van der Waals surface area contributed by atoms with E-state index in [1.165, 1.54) is 25.7 Å². The molecule has 0 saturated heterocycles. The van der Waals surface area contributed by atoms with E-state index in [9.17, 15) is 0 Å². The van der Waals surface area contributed by atoms with Crippen molar-refractivity contribution < 1.29 is 9.84 Å². The molecule has 0 saturated carbocycles. The summed E-state index contributed by atoms with van der Waals surface area (Å²) in [6, 6.07) is 3.43. The van der Waals surface area contributed by atoms with Crippen molar-refractivity contribution >= 4 is 11.6 Å². The van der Waals surface area contributed by atoms with E-state index in [4.69, 9.17) is 21.4 Å². The van der Waals surface area contributed by atoms with Crippen molar-refractivity contribution in [2.45, 2.75) is 45.6 Å². The molecule has 1 aromatic heterocycles. The molecule has 0 bridgehead atoms. The molecule has 0 aromatic carbocycles. The summed E-state index contributed by atoms with van der Waals surface area (Å²) in [5.74, 6) is 0.536. The highest BCUT2D eigenvalue weighted by atomic mass is 35.5. The number of aliphatic hydroxyl groups is 1. The summed E-state index contributed by atoms with van der Waals surface area (Å²) in [4.78, 5) is 4.12. The molecular formula is C13H20ClNO2. The van der Waals surface area contributed by atoms with E-state index in [1.807, 2.05) is 0 Å². The predicted molar refractivity (Wildman–Crippen MR) is 69.4 cm³/mol. The normalized spacial score (nSPS) is 10.5. The smallest absolute Gasteiger partial charge is 0.213 e. The molecule has 17 heavy (non-hydrogen) atoms. The Morgan fingerprint density at radius 3 is 2.71 bits per heavy atom. The van der Waals surface area contributed by atoms with Crippen LogP contribution in [0.5, 0.6) is 5.88 Å². The number of unbranched alkanes of at least 4 members (excludes halogenated alkanes) is 4. The Bertz CT molecular complexity index is 331. The summed E-state index contributed by atoms with van der Waals surface area (Å²) in [5.41, 5.74) is 0.468. The second kappa shape index (κ2) is 8.31. The Hall–Kier alpha value is -0.800. The van der Waals surface area contributed by atoms with Crippen molar-refractivity contribution in [2.75, 3.05) is 6.61 Å². The lowest BCUT2D eigenvalue weighted by atomic mass is 10.2. The van der Waals surface area contributed by atoms with E-state index in [0.29, 0.717) is 23.2 Å². The number of rotatable bonds is 8. The van der Waals surface area contributed by atoms with Crippen molar-refractivity contribution in [1.29, 1.82) is 0 Å². The van der Waals surface area contributed by atoms with Crippen LogP contribution in [0.3, 0.4) is 0 Å². The molecule has 4 heteroatoms. The summed E-state index contributed by atoms with van der Waals surface area (Å²) >= 11 is 5.84. The van der Waals surface area contributed by atoms with E-state index >= 15 is 0 Å². The van der Waals surface area contributed by atoms with Gasteiger partial charge in [-0.05, 0) is 12.5 Å². The molecule has 1 aromatic rings. The zero-order valence-corrected chi connectivity index (χ0v) is 11.0. The average Bonchev–Trinajstić information content (AvgIpc) is 2.35. The minimum Gasteiger partial charge on any atom is -0.478 e. The number of ether oxygens (including phenoxy) is 1. The fraction of sp³-hybridized carbons (Fsp3) is 0.615. The van der Waals surface area contributed by atoms with Crippen LogP contribution in [0.2, 0.25) is 5.02 Å². The fourth-order valence-electron chi connectivity index (χ4n) is 1.54. The van der Waals surface area contributed by atoms with E-state index in [1.54, 1.807) is 12.1 Å². The Morgan fingerprint density at radius 1 is 1.24 bits per heavy atom. The zero-order chi connectivity index (χ0) is 12.5. The fourth-order valence-corrected chi connectivity index (χ4v) is 1.70. The van der Waals surface area contributed by atoms with Crippen molar-refractivity contribution in [3.8, 4) is 5.88 Å². The molecule has 3 nitrogen and oxygen atoms in total. The molecule has 0 aliphatic carbocycles. The maximum atomic E-state index is 9.01. The molecule has 0 fully saturated rings. The van der Waals surface area contributed by atoms with Crippen molar-refractivity contribution in [3.05, 3.63) is 22.8 Å². The van der Waals surface area contributed by atoms with Crippen LogP contribution in [0.1, 0.15) is 44.7 Å². The van der Waals surface area contributed by atoms with Gasteiger partial charge in [-0.25, -0.2) is 4.98 Å². The lowest BCUT2D eigenvalue weighted by Crippen LogP contribution is -2.01. The minimum absolute atomic E-state index is 0.160. The third kappa shape index (κ3) is 5.37. The van der Waals surface area contributed by atoms with E-state index in [2.05, 4.69) is 11.9 Å². The number of nitrogens with zero attached hydrogens (tertiary/aromatic N) is 1. The van der Waals surface area contributed by atoms with Gasteiger partial charge in [0.2, 0.25) is 5.88 Å². The van der Waals surface area contributed by atoms with E-state index in [-0.39, 0.29) is 6.61 Å². The van der Waals surface area contributed by atoms with Gasteiger partial charge in [-0.1, -0.05) is 44.2 Å². The van der Waals surface area contributed by atoms with Crippen LogP contribution in [-0.2, 0) is 6.61 Å². The number of halogens is 1. The summed E-state index contributed by atoms with van der Waals surface area (Å²) in [6.07, 6.45) is 6.02. The van der Waals surface area contributed by atoms with Gasteiger partial charge < -0.3 is 9.84 Å². The van der Waals surface area contributed by atoms with Crippen LogP contribution >= 0.6 is 11.6 Å². The van der Waals surface area contributed by atoms with Gasteiger partial charge in [-0.2, -0.15) is 0 Å². The molecule has 96 valence electrons. The Balaban J connectivity index is 2.27. The van der Waals surface area contributed by atoms with Crippen LogP contribution in [0.4, 0.5) is 0 Å². The number of hydrogen-bond donors (Lipinski definition) is 1. The predicted octanol–water partition coefficient (Wildman–Crippen LogP) is 3.58. The summed E-state index contributed by atoms with van der Waals surface area (Å²) < 4.78 is 5.50. The van der Waals surface area contributed by atoms with Crippen LogP contribution < -0.4 is 4.74 Å². The maximum absolute atomic E-state index is 9.01. The first-order chi connectivity index (χ1) is 8.27. The zero-order valence-electron chi connectivity index (χ0n) is 10.3. The van der Waals surface area contributed by atoms with Crippen LogP contribution in [0, 0.1) is 0 Å². The molecule has 1 N–H and O–H groups in total. The number of aliphatic hydroxyl groups excluding tert-OH is 1. The maximum Gasteiger partial charge on any atom is 0.213 e. The molecule has 0 radical (unpaired) electrons. The summed E-state index contributed by atoms with van der Waals surface area (Å²) in [5, 5.41) is 9.48. The number of pyridine rings is 1. The number of aromatic nitrogens is 1. The standard InChI is InChI=1S/C13H20ClNO2/c1-2-3-4-5-6-9-17-13-8-7-11(14)12(10-16)15-13/h7-8,16H,2-6,9-10H2,1H3. The van der Waals surface area contributed by atoms with E-state index in [0.717, 1.165) is 6.42 Å². The van der Waals surface area contributed by atoms with Gasteiger partial charge in [0.25, 0.3) is 0 Å². The molecule has 0 aliphatic heterocycles. The molecule has 0 atom stereocenters. The van der Waals surface area contributed by atoms with Crippen LogP contribution in [-0.4, -0.2) is 16.7 Å². The molecular weight excluding hydrogens is 238 g/mol. The molecule has 0 unspecified atom stereocenters. The Labute approximate surface area is 108 Å². The topological polar surface area (TPSA) is 42.4 Å². The van der Waals surface area contributed by atoms with Gasteiger partial charge in [0.05, 0.1) is 23.9 Å². The highest BCUT2D eigenvalue weighted by Crippen LogP contribution is 2.18.